The van der Waals surface area contributed by atoms with Gasteiger partial charge in [-0.05, 0) is 32.1 Å². The molecule has 0 aromatic rings. The van der Waals surface area contributed by atoms with Gasteiger partial charge in [0.15, 0.2) is 0 Å². The van der Waals surface area contributed by atoms with E-state index in [0.717, 1.165) is 11.8 Å². The zero-order valence-corrected chi connectivity index (χ0v) is 6.86. The maximum absolute atomic E-state index is 2.33. The lowest BCUT2D eigenvalue weighted by molar-refractivity contribution is 0.727. The molecule has 0 heterocycles. The third-order valence-electron chi connectivity index (χ3n) is 2.40. The third-order valence-corrected chi connectivity index (χ3v) is 2.40. The van der Waals surface area contributed by atoms with Gasteiger partial charge in [0, 0.05) is 0 Å². The molecule has 0 spiro atoms. The van der Waals surface area contributed by atoms with Crippen molar-refractivity contribution in [1.29, 1.82) is 0 Å². The fourth-order valence-corrected chi connectivity index (χ4v) is 1.87. The zero-order chi connectivity index (χ0) is 7.02. The van der Waals surface area contributed by atoms with Gasteiger partial charge in [-0.15, -0.1) is 0 Å². The Balaban J connectivity index is 2.61. The summed E-state index contributed by atoms with van der Waals surface area (Å²) in [5.41, 5.74) is 3.27. The van der Waals surface area contributed by atoms with Crippen molar-refractivity contribution in [3.05, 3.63) is 11.1 Å². The summed E-state index contributed by atoms with van der Waals surface area (Å²) >= 11 is 0. The Morgan fingerprint density at radius 2 is 2.00 bits per heavy atom. The first kappa shape index (κ1) is 6.85. The van der Waals surface area contributed by atoms with Gasteiger partial charge in [0.1, 0.15) is 0 Å². The quantitative estimate of drug-likeness (QED) is 0.471. The van der Waals surface area contributed by atoms with Crippen molar-refractivity contribution in [3.8, 4) is 0 Å². The van der Waals surface area contributed by atoms with Crippen LogP contribution in [0.25, 0.3) is 0 Å². The summed E-state index contributed by atoms with van der Waals surface area (Å²) in [6.07, 6.45) is 1.34. The van der Waals surface area contributed by atoms with Crippen LogP contribution in [0.15, 0.2) is 11.1 Å². The van der Waals surface area contributed by atoms with Gasteiger partial charge in [-0.3, -0.25) is 0 Å². The van der Waals surface area contributed by atoms with Gasteiger partial charge in [0.25, 0.3) is 0 Å². The summed E-state index contributed by atoms with van der Waals surface area (Å²) in [7, 11) is 0. The monoisotopic (exact) mass is 124 g/mol. The van der Waals surface area contributed by atoms with Crippen LogP contribution in [0.2, 0.25) is 0 Å². The Kier molecular flexibility index (Phi) is 1.65. The van der Waals surface area contributed by atoms with Crippen LogP contribution in [0.3, 0.4) is 0 Å². The van der Waals surface area contributed by atoms with E-state index in [4.69, 9.17) is 0 Å². The Bertz CT molecular complexity index is 138. The number of hydrogen-bond donors (Lipinski definition) is 0. The van der Waals surface area contributed by atoms with Crippen molar-refractivity contribution in [1.82, 2.24) is 0 Å². The van der Waals surface area contributed by atoms with Crippen LogP contribution in [0.5, 0.6) is 0 Å². The average Bonchev–Trinajstić information content (AvgIpc) is 2.40. The maximum Gasteiger partial charge on any atom is -0.0137 e. The molecule has 0 heteroatoms. The topological polar surface area (TPSA) is 0 Å². The molecular weight excluding hydrogens is 108 g/mol. The second kappa shape index (κ2) is 2.17. The zero-order valence-electron chi connectivity index (χ0n) is 6.86. The molecule has 2 unspecified atom stereocenters. The fourth-order valence-electron chi connectivity index (χ4n) is 1.87. The first-order chi connectivity index (χ1) is 4.18. The Hall–Kier alpha value is -0.260. The lowest BCUT2D eigenvalue weighted by Gasteiger charge is -1.84. The number of hydrogen-bond acceptors (Lipinski definition) is 0. The predicted octanol–water partition coefficient (Wildman–Crippen LogP) is 3.00. The van der Waals surface area contributed by atoms with Crippen LogP contribution < -0.4 is 0 Å². The molecule has 0 aromatic carbocycles. The van der Waals surface area contributed by atoms with Gasteiger partial charge in [0.05, 0.1) is 0 Å². The molecule has 1 aliphatic carbocycles. The van der Waals surface area contributed by atoms with Crippen molar-refractivity contribution < 1.29 is 0 Å². The van der Waals surface area contributed by atoms with Crippen LogP contribution in [-0.4, -0.2) is 0 Å². The van der Waals surface area contributed by atoms with Crippen molar-refractivity contribution in [2.45, 2.75) is 34.1 Å². The Morgan fingerprint density at radius 1 is 1.44 bits per heavy atom. The third kappa shape index (κ3) is 1.03. The summed E-state index contributed by atoms with van der Waals surface area (Å²) in [5, 5.41) is 0. The minimum Gasteiger partial charge on any atom is -0.0766 e. The highest BCUT2D eigenvalue weighted by Crippen LogP contribution is 2.49. The SMILES string of the molecule is CCC1C(=C(C)C)C1C. The molecule has 0 N–H and O–H groups in total. The molecule has 0 nitrogen and oxygen atoms in total. The van der Waals surface area contributed by atoms with Crippen molar-refractivity contribution in [2.75, 3.05) is 0 Å². The van der Waals surface area contributed by atoms with E-state index in [9.17, 15) is 0 Å². The van der Waals surface area contributed by atoms with Crippen molar-refractivity contribution >= 4 is 0 Å². The molecule has 0 amide bonds. The van der Waals surface area contributed by atoms with Gasteiger partial charge in [-0.2, -0.15) is 0 Å². The van der Waals surface area contributed by atoms with Crippen LogP contribution in [0.4, 0.5) is 0 Å². The number of allylic oxidation sites excluding steroid dienone is 2. The Morgan fingerprint density at radius 3 is 2.11 bits per heavy atom. The van der Waals surface area contributed by atoms with Crippen LogP contribution in [0, 0.1) is 11.8 Å². The molecule has 1 saturated carbocycles. The lowest BCUT2D eigenvalue weighted by Crippen LogP contribution is -1.69. The normalized spacial score (nSPS) is 32.7. The summed E-state index contributed by atoms with van der Waals surface area (Å²) in [4.78, 5) is 0. The van der Waals surface area contributed by atoms with E-state index >= 15 is 0 Å². The molecule has 0 saturated heterocycles. The molecule has 0 bridgehead atoms. The average molecular weight is 124 g/mol. The fraction of sp³-hybridized carbons (Fsp3) is 0.778. The van der Waals surface area contributed by atoms with Gasteiger partial charge in [-0.25, -0.2) is 0 Å². The molecule has 2 atom stereocenters. The summed E-state index contributed by atoms with van der Waals surface area (Å²) in [6, 6.07) is 0. The van der Waals surface area contributed by atoms with E-state index in [1.807, 2.05) is 0 Å². The van der Waals surface area contributed by atoms with E-state index in [-0.39, 0.29) is 0 Å². The van der Waals surface area contributed by atoms with Crippen LogP contribution in [-0.2, 0) is 0 Å². The molecule has 52 valence electrons. The largest absolute Gasteiger partial charge is 0.0766 e. The molecule has 1 fully saturated rings. The first-order valence-electron chi connectivity index (χ1n) is 3.85. The summed E-state index contributed by atoms with van der Waals surface area (Å²) in [5.74, 6) is 1.84. The predicted molar refractivity (Wildman–Crippen MR) is 41.3 cm³/mol. The highest BCUT2D eigenvalue weighted by Gasteiger charge is 2.38. The van der Waals surface area contributed by atoms with E-state index in [1.165, 1.54) is 6.42 Å². The smallest absolute Gasteiger partial charge is 0.0137 e. The lowest BCUT2D eigenvalue weighted by atomic mass is 10.2. The second-order valence-corrected chi connectivity index (χ2v) is 3.26. The molecule has 0 aliphatic heterocycles. The molecule has 0 radical (unpaired) electrons. The minimum atomic E-state index is 0.903. The maximum atomic E-state index is 2.33. The van der Waals surface area contributed by atoms with E-state index in [1.54, 1.807) is 11.1 Å². The van der Waals surface area contributed by atoms with Crippen molar-refractivity contribution in [3.63, 3.8) is 0 Å². The molecule has 0 aromatic heterocycles. The highest BCUT2D eigenvalue weighted by atomic mass is 14.4. The second-order valence-electron chi connectivity index (χ2n) is 3.26. The minimum absolute atomic E-state index is 0.903. The van der Waals surface area contributed by atoms with Gasteiger partial charge in [-0.1, -0.05) is 25.0 Å². The first-order valence-corrected chi connectivity index (χ1v) is 3.85. The molecule has 1 aliphatic rings. The molecular formula is C9H16. The van der Waals surface area contributed by atoms with Gasteiger partial charge < -0.3 is 0 Å². The molecule has 1 rings (SSSR count). The van der Waals surface area contributed by atoms with E-state index < -0.39 is 0 Å². The summed E-state index contributed by atoms with van der Waals surface area (Å²) in [6.45, 7) is 9.05. The summed E-state index contributed by atoms with van der Waals surface area (Å²) < 4.78 is 0. The highest BCUT2D eigenvalue weighted by molar-refractivity contribution is 5.31. The van der Waals surface area contributed by atoms with E-state index in [0.29, 0.717) is 0 Å². The van der Waals surface area contributed by atoms with E-state index in [2.05, 4.69) is 27.7 Å². The van der Waals surface area contributed by atoms with Crippen LogP contribution in [0.1, 0.15) is 34.1 Å². The standard InChI is InChI=1S/C9H16/c1-5-8-7(4)9(8)6(2)3/h7-8H,5H2,1-4H3. The van der Waals surface area contributed by atoms with Crippen LogP contribution >= 0.6 is 0 Å². The Labute approximate surface area is 58.0 Å². The van der Waals surface area contributed by atoms with Crippen molar-refractivity contribution in [2.24, 2.45) is 11.8 Å². The van der Waals surface area contributed by atoms with Gasteiger partial charge in [0.2, 0.25) is 0 Å². The van der Waals surface area contributed by atoms with Gasteiger partial charge >= 0.3 is 0 Å². The number of rotatable bonds is 1. The molecule has 9 heavy (non-hydrogen) atoms.